The van der Waals surface area contributed by atoms with Gasteiger partial charge in [-0.3, -0.25) is 4.79 Å². The zero-order valence-electron chi connectivity index (χ0n) is 13.7. The molecule has 0 spiro atoms. The van der Waals surface area contributed by atoms with Gasteiger partial charge in [0.25, 0.3) is 0 Å². The van der Waals surface area contributed by atoms with Gasteiger partial charge in [0.1, 0.15) is 5.76 Å². The number of carbonyl (C=O) groups is 1. The molecule has 7 heteroatoms. The molecule has 2 aromatic rings. The summed E-state index contributed by atoms with van der Waals surface area (Å²) in [5.74, 6) is 1.04. The fraction of sp³-hybridized carbons (Fsp3) is 0.412. The molecule has 24 heavy (non-hydrogen) atoms. The Hall–Kier alpha value is -2.15. The molecule has 0 aliphatic carbocycles. The lowest BCUT2D eigenvalue weighted by atomic mass is 10.2. The van der Waals surface area contributed by atoms with Gasteiger partial charge in [-0.25, -0.2) is 13.4 Å². The van der Waals surface area contributed by atoms with E-state index in [1.54, 1.807) is 14.0 Å². The van der Waals surface area contributed by atoms with Crippen LogP contribution in [0.1, 0.15) is 17.9 Å². The quantitative estimate of drug-likeness (QED) is 0.842. The van der Waals surface area contributed by atoms with Gasteiger partial charge in [-0.15, -0.1) is 0 Å². The van der Waals surface area contributed by atoms with Crippen molar-refractivity contribution in [2.75, 3.05) is 18.6 Å². The molecular formula is C17H20N2O4S. The molecule has 1 aliphatic heterocycles. The van der Waals surface area contributed by atoms with Crippen LogP contribution in [0.2, 0.25) is 0 Å². The van der Waals surface area contributed by atoms with Crippen molar-refractivity contribution in [1.29, 1.82) is 0 Å². The second kappa shape index (κ2) is 6.39. The highest BCUT2D eigenvalue weighted by molar-refractivity contribution is 7.91. The summed E-state index contributed by atoms with van der Waals surface area (Å²) in [5.41, 5.74) is 1.53. The van der Waals surface area contributed by atoms with E-state index < -0.39 is 9.84 Å². The Morgan fingerprint density at radius 1 is 1.33 bits per heavy atom. The number of aryl methyl sites for hydroxylation is 1. The minimum absolute atomic E-state index is 0.0416. The van der Waals surface area contributed by atoms with Crippen LogP contribution in [0.15, 0.2) is 34.7 Å². The second-order valence-corrected chi connectivity index (χ2v) is 8.36. The molecule has 6 nitrogen and oxygen atoms in total. The number of hydrogen-bond acceptors (Lipinski definition) is 5. The molecule has 0 saturated carbocycles. The highest BCUT2D eigenvalue weighted by atomic mass is 32.2. The number of nitrogens with zero attached hydrogens (tertiary/aromatic N) is 2. The monoisotopic (exact) mass is 348 g/mol. The van der Waals surface area contributed by atoms with Crippen LogP contribution in [-0.4, -0.2) is 48.8 Å². The normalized spacial score (nSPS) is 19.3. The van der Waals surface area contributed by atoms with E-state index in [-0.39, 0.29) is 29.9 Å². The Bertz CT molecular complexity index is 843. The molecule has 1 atom stereocenters. The summed E-state index contributed by atoms with van der Waals surface area (Å²) >= 11 is 0. The predicted molar refractivity (Wildman–Crippen MR) is 90.2 cm³/mol. The van der Waals surface area contributed by atoms with E-state index in [1.165, 1.54) is 4.90 Å². The number of benzene rings is 1. The first-order valence-electron chi connectivity index (χ1n) is 7.83. The Kier molecular flexibility index (Phi) is 4.45. The third-order valence-electron chi connectivity index (χ3n) is 4.37. The molecule has 1 unspecified atom stereocenters. The second-order valence-electron chi connectivity index (χ2n) is 6.13. The van der Waals surface area contributed by atoms with E-state index in [2.05, 4.69) is 4.98 Å². The maximum Gasteiger partial charge on any atom is 0.230 e. The number of hydrogen-bond donors (Lipinski definition) is 0. The van der Waals surface area contributed by atoms with Crippen molar-refractivity contribution in [3.8, 4) is 11.5 Å². The highest BCUT2D eigenvalue weighted by Crippen LogP contribution is 2.23. The molecule has 1 amide bonds. The molecule has 128 valence electrons. The van der Waals surface area contributed by atoms with Crippen LogP contribution in [0.3, 0.4) is 0 Å². The lowest BCUT2D eigenvalue weighted by molar-refractivity contribution is -0.131. The molecular weight excluding hydrogens is 328 g/mol. The molecule has 1 aromatic carbocycles. The molecule has 3 rings (SSSR count). The molecule has 2 heterocycles. The number of rotatable bonds is 4. The van der Waals surface area contributed by atoms with E-state index in [0.29, 0.717) is 23.8 Å². The SMILES string of the molecule is Cc1nc(-c2ccccc2)oc1CC(=O)N(C)C1CCS(=O)(=O)C1. The largest absolute Gasteiger partial charge is 0.440 e. The molecule has 1 aliphatic rings. The highest BCUT2D eigenvalue weighted by Gasteiger charge is 2.33. The van der Waals surface area contributed by atoms with Crippen molar-refractivity contribution in [3.05, 3.63) is 41.8 Å². The van der Waals surface area contributed by atoms with Crippen LogP contribution in [0, 0.1) is 6.92 Å². The summed E-state index contributed by atoms with van der Waals surface area (Å²) in [6.45, 7) is 1.80. The lowest BCUT2D eigenvalue weighted by Gasteiger charge is -2.23. The summed E-state index contributed by atoms with van der Waals surface area (Å²) < 4.78 is 28.9. The predicted octanol–water partition coefficient (Wildman–Crippen LogP) is 1.84. The molecule has 1 fully saturated rings. The summed E-state index contributed by atoms with van der Waals surface area (Å²) in [4.78, 5) is 18.4. The van der Waals surface area contributed by atoms with Crippen molar-refractivity contribution in [2.24, 2.45) is 0 Å². The number of amides is 1. The van der Waals surface area contributed by atoms with Crippen molar-refractivity contribution in [3.63, 3.8) is 0 Å². The Morgan fingerprint density at radius 2 is 2.04 bits per heavy atom. The summed E-state index contributed by atoms with van der Waals surface area (Å²) in [7, 11) is -1.37. The van der Waals surface area contributed by atoms with Gasteiger partial charge < -0.3 is 9.32 Å². The van der Waals surface area contributed by atoms with Crippen LogP contribution in [0.5, 0.6) is 0 Å². The summed E-state index contributed by atoms with van der Waals surface area (Å²) in [6.07, 6.45) is 0.577. The average Bonchev–Trinajstić information content (AvgIpc) is 3.10. The van der Waals surface area contributed by atoms with Crippen molar-refractivity contribution in [2.45, 2.75) is 25.8 Å². The van der Waals surface area contributed by atoms with E-state index >= 15 is 0 Å². The van der Waals surface area contributed by atoms with Crippen LogP contribution in [-0.2, 0) is 21.1 Å². The van der Waals surface area contributed by atoms with Gasteiger partial charge in [-0.1, -0.05) is 18.2 Å². The smallest absolute Gasteiger partial charge is 0.230 e. The van der Waals surface area contributed by atoms with Crippen molar-refractivity contribution in [1.82, 2.24) is 9.88 Å². The van der Waals surface area contributed by atoms with E-state index in [0.717, 1.165) is 5.56 Å². The number of likely N-dealkylation sites (N-methyl/N-ethyl adjacent to an activating group) is 1. The molecule has 0 bridgehead atoms. The molecule has 1 aromatic heterocycles. The van der Waals surface area contributed by atoms with Gasteiger partial charge in [0.15, 0.2) is 9.84 Å². The van der Waals surface area contributed by atoms with Gasteiger partial charge in [0.2, 0.25) is 11.8 Å². The van der Waals surface area contributed by atoms with Gasteiger partial charge in [0, 0.05) is 18.7 Å². The van der Waals surface area contributed by atoms with E-state index in [9.17, 15) is 13.2 Å². The summed E-state index contributed by atoms with van der Waals surface area (Å²) in [5, 5.41) is 0. The Morgan fingerprint density at radius 3 is 2.67 bits per heavy atom. The third-order valence-corrected chi connectivity index (χ3v) is 6.13. The number of aromatic nitrogens is 1. The van der Waals surface area contributed by atoms with Gasteiger partial charge in [-0.2, -0.15) is 0 Å². The number of sulfone groups is 1. The first-order valence-corrected chi connectivity index (χ1v) is 9.65. The zero-order chi connectivity index (χ0) is 17.3. The van der Waals surface area contributed by atoms with Crippen molar-refractivity contribution >= 4 is 15.7 Å². The minimum atomic E-state index is -3.02. The number of carbonyl (C=O) groups excluding carboxylic acids is 1. The average molecular weight is 348 g/mol. The fourth-order valence-electron chi connectivity index (χ4n) is 2.84. The van der Waals surface area contributed by atoms with Crippen LogP contribution < -0.4 is 0 Å². The first kappa shape index (κ1) is 16.7. The third kappa shape index (κ3) is 3.51. The van der Waals surface area contributed by atoms with Crippen LogP contribution in [0.25, 0.3) is 11.5 Å². The first-order chi connectivity index (χ1) is 11.4. The van der Waals surface area contributed by atoms with E-state index in [1.807, 2.05) is 30.3 Å². The Labute approximate surface area is 141 Å². The number of oxazole rings is 1. The van der Waals surface area contributed by atoms with Crippen molar-refractivity contribution < 1.29 is 17.6 Å². The van der Waals surface area contributed by atoms with Crippen LogP contribution >= 0.6 is 0 Å². The van der Waals surface area contributed by atoms with Crippen LogP contribution in [0.4, 0.5) is 0 Å². The van der Waals surface area contributed by atoms with E-state index in [4.69, 9.17) is 4.42 Å². The topological polar surface area (TPSA) is 80.5 Å². The minimum Gasteiger partial charge on any atom is -0.440 e. The van der Waals surface area contributed by atoms with Gasteiger partial charge in [0.05, 0.1) is 23.6 Å². The Balaban J connectivity index is 1.72. The zero-order valence-corrected chi connectivity index (χ0v) is 14.5. The van der Waals surface area contributed by atoms with Gasteiger partial charge >= 0.3 is 0 Å². The van der Waals surface area contributed by atoms with Gasteiger partial charge in [-0.05, 0) is 25.5 Å². The molecule has 0 radical (unpaired) electrons. The molecule has 1 saturated heterocycles. The fourth-order valence-corrected chi connectivity index (χ4v) is 4.62. The standard InChI is InChI=1S/C17H20N2O4S/c1-12-15(23-17(18-12)13-6-4-3-5-7-13)10-16(20)19(2)14-8-9-24(21,22)11-14/h3-7,14H,8-11H2,1-2H3. The molecule has 0 N–H and O–H groups in total. The lowest BCUT2D eigenvalue weighted by Crippen LogP contribution is -2.38. The summed E-state index contributed by atoms with van der Waals surface area (Å²) in [6, 6.07) is 9.24. The maximum absolute atomic E-state index is 12.5. The maximum atomic E-state index is 12.5.